The number of amides is 4. The topological polar surface area (TPSA) is 78.5 Å². The number of hydrogen-bond acceptors (Lipinski definition) is 3. The van der Waals surface area contributed by atoms with E-state index in [0.717, 1.165) is 17.0 Å². The van der Waals surface area contributed by atoms with Gasteiger partial charge < -0.3 is 10.6 Å². The number of carbonyl (C=O) groups excluding carboxylic acids is 3. The molecule has 8 heteroatoms. The van der Waals surface area contributed by atoms with Gasteiger partial charge in [-0.2, -0.15) is 0 Å². The molecule has 1 saturated heterocycles. The summed E-state index contributed by atoms with van der Waals surface area (Å²) >= 11 is 0. The zero-order chi connectivity index (χ0) is 15.8. The fourth-order valence-corrected chi connectivity index (χ4v) is 1.88. The zero-order valence-corrected chi connectivity index (χ0v) is 11.4. The molecule has 1 fully saturated rings. The zero-order valence-electron chi connectivity index (χ0n) is 11.4. The first-order valence-corrected chi connectivity index (χ1v) is 6.10. The van der Waals surface area contributed by atoms with Gasteiger partial charge in [-0.05, 0) is 26.0 Å². The van der Waals surface area contributed by atoms with Gasteiger partial charge in [-0.3, -0.25) is 14.5 Å². The summed E-state index contributed by atoms with van der Waals surface area (Å²) in [7, 11) is 0. The Morgan fingerprint density at radius 1 is 1.29 bits per heavy atom. The molecule has 0 unspecified atom stereocenters. The molecule has 2 N–H and O–H groups in total. The summed E-state index contributed by atoms with van der Waals surface area (Å²) in [5.74, 6) is -3.37. The van der Waals surface area contributed by atoms with Crippen molar-refractivity contribution in [2.24, 2.45) is 0 Å². The number of benzene rings is 1. The molecule has 0 radical (unpaired) electrons. The molecular formula is C13H13F2N3O3. The lowest BCUT2D eigenvalue weighted by atomic mass is 10.1. The van der Waals surface area contributed by atoms with E-state index >= 15 is 0 Å². The van der Waals surface area contributed by atoms with E-state index < -0.39 is 41.6 Å². The lowest BCUT2D eigenvalue weighted by Crippen LogP contribution is -2.41. The standard InChI is InChI=1S/C13H13F2N3O3/c1-13(2)11(20)18(12(21)17-13)6-10(19)16-7-3-4-8(14)9(15)5-7/h3-5H,6H2,1-2H3,(H,16,19)(H,17,21). The Morgan fingerprint density at radius 3 is 2.48 bits per heavy atom. The van der Waals surface area contributed by atoms with Crippen LogP contribution in [0.1, 0.15) is 13.8 Å². The lowest BCUT2D eigenvalue weighted by molar-refractivity contribution is -0.132. The molecule has 1 aromatic carbocycles. The van der Waals surface area contributed by atoms with Crippen LogP contribution in [-0.4, -0.2) is 34.8 Å². The van der Waals surface area contributed by atoms with Gasteiger partial charge >= 0.3 is 6.03 Å². The number of halogens is 2. The third-order valence-electron chi connectivity index (χ3n) is 2.95. The van der Waals surface area contributed by atoms with E-state index in [-0.39, 0.29) is 5.69 Å². The largest absolute Gasteiger partial charge is 0.325 e. The average molecular weight is 297 g/mol. The molecule has 112 valence electrons. The molecule has 1 heterocycles. The highest BCUT2D eigenvalue weighted by Gasteiger charge is 2.44. The maximum atomic E-state index is 13.0. The van der Waals surface area contributed by atoms with Crippen molar-refractivity contribution in [2.75, 3.05) is 11.9 Å². The Labute approximate surface area is 119 Å². The monoisotopic (exact) mass is 297 g/mol. The van der Waals surface area contributed by atoms with Gasteiger partial charge in [0.05, 0.1) is 0 Å². The van der Waals surface area contributed by atoms with Gasteiger partial charge in [0, 0.05) is 11.8 Å². The predicted molar refractivity (Wildman–Crippen MR) is 69.3 cm³/mol. The first-order chi connectivity index (χ1) is 9.70. The van der Waals surface area contributed by atoms with Crippen LogP contribution in [0.25, 0.3) is 0 Å². The first-order valence-electron chi connectivity index (χ1n) is 6.10. The molecule has 1 aliphatic heterocycles. The number of nitrogens with one attached hydrogen (secondary N) is 2. The number of nitrogens with zero attached hydrogens (tertiary/aromatic N) is 1. The average Bonchev–Trinajstić information content (AvgIpc) is 2.56. The van der Waals surface area contributed by atoms with Crippen molar-refractivity contribution in [3.05, 3.63) is 29.8 Å². The Morgan fingerprint density at radius 2 is 1.95 bits per heavy atom. The van der Waals surface area contributed by atoms with E-state index in [9.17, 15) is 23.2 Å². The Hall–Kier alpha value is -2.51. The number of hydrogen-bond donors (Lipinski definition) is 2. The minimum absolute atomic E-state index is 0.0326. The van der Waals surface area contributed by atoms with E-state index in [4.69, 9.17) is 0 Å². The van der Waals surface area contributed by atoms with Gasteiger partial charge in [-0.25, -0.2) is 13.6 Å². The quantitative estimate of drug-likeness (QED) is 0.824. The molecule has 21 heavy (non-hydrogen) atoms. The van der Waals surface area contributed by atoms with E-state index in [1.807, 2.05) is 0 Å². The summed E-state index contributed by atoms with van der Waals surface area (Å²) < 4.78 is 25.8. The summed E-state index contributed by atoms with van der Waals surface area (Å²) in [5.41, 5.74) is -1.04. The van der Waals surface area contributed by atoms with Crippen molar-refractivity contribution < 1.29 is 23.2 Å². The van der Waals surface area contributed by atoms with E-state index in [0.29, 0.717) is 0 Å². The summed E-state index contributed by atoms with van der Waals surface area (Å²) in [6.45, 7) is 2.52. The van der Waals surface area contributed by atoms with Crippen molar-refractivity contribution in [3.8, 4) is 0 Å². The van der Waals surface area contributed by atoms with E-state index in [1.54, 1.807) is 0 Å². The van der Waals surface area contributed by atoms with Crippen molar-refractivity contribution in [1.29, 1.82) is 0 Å². The third-order valence-corrected chi connectivity index (χ3v) is 2.95. The van der Waals surface area contributed by atoms with Crippen LogP contribution >= 0.6 is 0 Å². The van der Waals surface area contributed by atoms with Crippen LogP contribution in [0.3, 0.4) is 0 Å². The van der Waals surface area contributed by atoms with Crippen molar-refractivity contribution in [2.45, 2.75) is 19.4 Å². The summed E-state index contributed by atoms with van der Waals surface area (Å²) in [5, 5.41) is 4.71. The minimum atomic E-state index is -1.11. The third kappa shape index (κ3) is 2.99. The maximum absolute atomic E-state index is 13.0. The van der Waals surface area contributed by atoms with Crippen LogP contribution in [0.15, 0.2) is 18.2 Å². The predicted octanol–water partition coefficient (Wildman–Crippen LogP) is 1.23. The second-order valence-electron chi connectivity index (χ2n) is 5.12. The Balaban J connectivity index is 2.04. The number of imide groups is 1. The smallest absolute Gasteiger partial charge is 0.324 e. The molecule has 6 nitrogen and oxygen atoms in total. The minimum Gasteiger partial charge on any atom is -0.324 e. The summed E-state index contributed by atoms with van der Waals surface area (Å²) in [4.78, 5) is 36.0. The maximum Gasteiger partial charge on any atom is 0.325 e. The number of urea groups is 1. The van der Waals surface area contributed by atoms with E-state index in [2.05, 4.69) is 10.6 Å². The fraction of sp³-hybridized carbons (Fsp3) is 0.308. The number of carbonyl (C=O) groups is 3. The molecule has 0 aromatic heterocycles. The molecule has 0 saturated carbocycles. The highest BCUT2D eigenvalue weighted by Crippen LogP contribution is 2.17. The Bertz CT molecular complexity index is 631. The molecule has 1 aliphatic rings. The van der Waals surface area contributed by atoms with Gasteiger partial charge in [-0.15, -0.1) is 0 Å². The molecule has 1 aromatic rings. The van der Waals surface area contributed by atoms with E-state index in [1.165, 1.54) is 19.9 Å². The lowest BCUT2D eigenvalue weighted by Gasteiger charge is -2.15. The number of anilines is 1. The summed E-state index contributed by atoms with van der Waals surface area (Å²) in [6, 6.07) is 2.17. The van der Waals surface area contributed by atoms with Crippen molar-refractivity contribution in [3.63, 3.8) is 0 Å². The van der Waals surface area contributed by atoms with Crippen LogP contribution in [0.4, 0.5) is 19.3 Å². The van der Waals surface area contributed by atoms with Crippen LogP contribution in [0.2, 0.25) is 0 Å². The van der Waals surface area contributed by atoms with Crippen LogP contribution in [0, 0.1) is 11.6 Å². The molecule has 4 amide bonds. The number of rotatable bonds is 3. The second-order valence-corrected chi connectivity index (χ2v) is 5.12. The van der Waals surface area contributed by atoms with Gasteiger partial charge in [-0.1, -0.05) is 0 Å². The fourth-order valence-electron chi connectivity index (χ4n) is 1.88. The van der Waals surface area contributed by atoms with Gasteiger partial charge in [0.2, 0.25) is 5.91 Å². The summed E-state index contributed by atoms with van der Waals surface area (Å²) in [6.07, 6.45) is 0. The van der Waals surface area contributed by atoms with Gasteiger partial charge in [0.15, 0.2) is 11.6 Å². The Kier molecular flexibility index (Phi) is 3.63. The SMILES string of the molecule is CC1(C)NC(=O)N(CC(=O)Nc2ccc(F)c(F)c2)C1=O. The first kappa shape index (κ1) is 14.9. The molecule has 0 bridgehead atoms. The van der Waals surface area contributed by atoms with Crippen LogP contribution in [0.5, 0.6) is 0 Å². The van der Waals surface area contributed by atoms with Crippen LogP contribution < -0.4 is 10.6 Å². The highest BCUT2D eigenvalue weighted by molar-refractivity contribution is 6.09. The van der Waals surface area contributed by atoms with Gasteiger partial charge in [0.25, 0.3) is 5.91 Å². The molecule has 0 aliphatic carbocycles. The highest BCUT2D eigenvalue weighted by atomic mass is 19.2. The van der Waals surface area contributed by atoms with Gasteiger partial charge in [0.1, 0.15) is 12.1 Å². The molecule has 2 rings (SSSR count). The molecule has 0 atom stereocenters. The molecule has 0 spiro atoms. The normalized spacial score (nSPS) is 16.9. The van der Waals surface area contributed by atoms with Crippen molar-refractivity contribution in [1.82, 2.24) is 10.2 Å². The van der Waals surface area contributed by atoms with Crippen LogP contribution in [-0.2, 0) is 9.59 Å². The van der Waals surface area contributed by atoms with Crippen molar-refractivity contribution >= 4 is 23.5 Å². The molecular weight excluding hydrogens is 284 g/mol. The second kappa shape index (κ2) is 5.12.